The summed E-state index contributed by atoms with van der Waals surface area (Å²) in [5.41, 5.74) is 0.613. The molecule has 4 rings (SSSR count). The van der Waals surface area contributed by atoms with E-state index in [9.17, 15) is 14.0 Å². The van der Waals surface area contributed by atoms with E-state index >= 15 is 0 Å². The van der Waals surface area contributed by atoms with E-state index in [4.69, 9.17) is 0 Å². The second kappa shape index (κ2) is 7.86. The Balaban J connectivity index is 1.46. The summed E-state index contributed by atoms with van der Waals surface area (Å²) in [6, 6.07) is 8.44. The molecule has 29 heavy (non-hydrogen) atoms. The molecule has 0 fully saturated rings. The number of nitrogens with zero attached hydrogens (tertiary/aromatic N) is 4. The number of rotatable bonds is 4. The van der Waals surface area contributed by atoms with Crippen LogP contribution in [0.25, 0.3) is 0 Å². The number of hydrogen-bond donors (Lipinski definition) is 2. The number of carbonyl (C=O) groups is 1. The van der Waals surface area contributed by atoms with Gasteiger partial charge in [-0.3, -0.25) is 4.79 Å². The number of aromatic nitrogens is 4. The maximum Gasteiger partial charge on any atom is 0.319 e. The minimum atomic E-state index is -0.472. The third-order valence-corrected chi connectivity index (χ3v) is 4.82. The van der Waals surface area contributed by atoms with Crippen molar-refractivity contribution < 1.29 is 9.18 Å². The van der Waals surface area contributed by atoms with E-state index in [0.717, 1.165) is 30.8 Å². The standard InChI is InChI=1S/C20H21FN6O2/c1-13-22-18-16(4-3-11-27(18)25-13)23-20(29)24-17-5-2-10-26(19(17)28)12-14-6-8-15(21)9-7-14/h2,5-10,16H,3-4,11-12H2,1H3,(H2,23,24,29). The highest BCUT2D eigenvalue weighted by molar-refractivity contribution is 5.89. The first kappa shape index (κ1) is 18.9. The monoisotopic (exact) mass is 396 g/mol. The number of amides is 2. The molecule has 1 aliphatic heterocycles. The van der Waals surface area contributed by atoms with Gasteiger partial charge in [0.05, 0.1) is 12.6 Å². The third-order valence-electron chi connectivity index (χ3n) is 4.82. The van der Waals surface area contributed by atoms with Crippen LogP contribution in [0.5, 0.6) is 0 Å². The van der Waals surface area contributed by atoms with E-state index in [1.165, 1.54) is 16.7 Å². The Morgan fingerprint density at radius 3 is 2.86 bits per heavy atom. The van der Waals surface area contributed by atoms with Crippen LogP contribution >= 0.6 is 0 Å². The molecule has 0 spiro atoms. The first-order valence-electron chi connectivity index (χ1n) is 9.42. The highest BCUT2D eigenvalue weighted by atomic mass is 19.1. The molecular weight excluding hydrogens is 375 g/mol. The number of aryl methyl sites for hydroxylation is 2. The van der Waals surface area contributed by atoms with Crippen LogP contribution in [0, 0.1) is 12.7 Å². The van der Waals surface area contributed by atoms with Gasteiger partial charge in [0, 0.05) is 12.7 Å². The minimum absolute atomic E-state index is 0.167. The van der Waals surface area contributed by atoms with Gasteiger partial charge in [-0.15, -0.1) is 0 Å². The van der Waals surface area contributed by atoms with Gasteiger partial charge < -0.3 is 15.2 Å². The van der Waals surface area contributed by atoms with E-state index in [-0.39, 0.29) is 29.7 Å². The second-order valence-corrected chi connectivity index (χ2v) is 7.02. The zero-order valence-electron chi connectivity index (χ0n) is 15.9. The van der Waals surface area contributed by atoms with Crippen molar-refractivity contribution in [2.75, 3.05) is 5.32 Å². The van der Waals surface area contributed by atoms with E-state index in [2.05, 4.69) is 20.7 Å². The number of anilines is 1. The van der Waals surface area contributed by atoms with Crippen LogP contribution in [0.15, 0.2) is 47.4 Å². The van der Waals surface area contributed by atoms with E-state index < -0.39 is 6.03 Å². The Morgan fingerprint density at radius 2 is 2.07 bits per heavy atom. The Labute approximate surface area is 166 Å². The zero-order chi connectivity index (χ0) is 20.4. The number of pyridine rings is 1. The van der Waals surface area contributed by atoms with Gasteiger partial charge in [0.1, 0.15) is 23.2 Å². The van der Waals surface area contributed by atoms with Crippen LogP contribution in [0.1, 0.15) is 36.1 Å². The molecule has 2 aromatic heterocycles. The van der Waals surface area contributed by atoms with Crippen LogP contribution in [0.2, 0.25) is 0 Å². The zero-order valence-corrected chi connectivity index (χ0v) is 15.9. The summed E-state index contributed by atoms with van der Waals surface area (Å²) in [5.74, 6) is 1.06. The molecule has 0 aliphatic carbocycles. The van der Waals surface area contributed by atoms with Crippen molar-refractivity contribution in [2.45, 2.75) is 38.9 Å². The van der Waals surface area contributed by atoms with Crippen LogP contribution in [-0.2, 0) is 13.1 Å². The fourth-order valence-electron chi connectivity index (χ4n) is 3.46. The molecule has 0 bridgehead atoms. The SMILES string of the molecule is Cc1nc2n(n1)CCCC2NC(=O)Nc1cccn(Cc2ccc(F)cc2)c1=O. The number of halogens is 1. The number of nitrogens with one attached hydrogen (secondary N) is 2. The Bertz CT molecular complexity index is 1090. The molecule has 1 atom stereocenters. The van der Waals surface area contributed by atoms with Crippen molar-refractivity contribution in [3.8, 4) is 0 Å². The lowest BCUT2D eigenvalue weighted by Gasteiger charge is -2.23. The van der Waals surface area contributed by atoms with E-state index in [1.54, 1.807) is 30.5 Å². The van der Waals surface area contributed by atoms with Crippen LogP contribution in [-0.4, -0.2) is 25.4 Å². The predicted octanol–water partition coefficient (Wildman–Crippen LogP) is 2.59. The molecule has 9 heteroatoms. The highest BCUT2D eigenvalue weighted by Gasteiger charge is 2.25. The van der Waals surface area contributed by atoms with Crippen LogP contribution < -0.4 is 16.2 Å². The molecule has 1 aromatic carbocycles. The largest absolute Gasteiger partial charge is 0.328 e. The van der Waals surface area contributed by atoms with Crippen molar-refractivity contribution in [1.29, 1.82) is 0 Å². The van der Waals surface area contributed by atoms with Crippen molar-refractivity contribution in [2.24, 2.45) is 0 Å². The first-order valence-corrected chi connectivity index (χ1v) is 9.42. The summed E-state index contributed by atoms with van der Waals surface area (Å²) < 4.78 is 16.3. The van der Waals surface area contributed by atoms with Crippen molar-refractivity contribution >= 4 is 11.7 Å². The molecule has 150 valence electrons. The average Bonchev–Trinajstić information content (AvgIpc) is 3.08. The predicted molar refractivity (Wildman–Crippen MR) is 105 cm³/mol. The van der Waals surface area contributed by atoms with Gasteiger partial charge in [-0.1, -0.05) is 12.1 Å². The maximum atomic E-state index is 13.1. The normalized spacial score (nSPS) is 15.6. The maximum absolute atomic E-state index is 13.1. The van der Waals surface area contributed by atoms with Gasteiger partial charge >= 0.3 is 6.03 Å². The Morgan fingerprint density at radius 1 is 1.28 bits per heavy atom. The van der Waals surface area contributed by atoms with Gasteiger partial charge in [-0.05, 0) is 49.6 Å². The topological polar surface area (TPSA) is 93.8 Å². The molecule has 0 saturated carbocycles. The molecule has 2 N–H and O–H groups in total. The number of urea groups is 1. The lowest BCUT2D eigenvalue weighted by molar-refractivity contribution is 0.244. The van der Waals surface area contributed by atoms with Crippen molar-refractivity contribution in [3.63, 3.8) is 0 Å². The lowest BCUT2D eigenvalue weighted by Crippen LogP contribution is -2.37. The van der Waals surface area contributed by atoms with Crippen LogP contribution in [0.4, 0.5) is 14.9 Å². The highest BCUT2D eigenvalue weighted by Crippen LogP contribution is 2.22. The number of carbonyl (C=O) groups excluding carboxylic acids is 1. The quantitative estimate of drug-likeness (QED) is 0.709. The second-order valence-electron chi connectivity index (χ2n) is 7.02. The van der Waals surface area contributed by atoms with Gasteiger partial charge in [0.2, 0.25) is 0 Å². The third kappa shape index (κ3) is 4.18. The summed E-state index contributed by atoms with van der Waals surface area (Å²) in [7, 11) is 0. The molecule has 0 radical (unpaired) electrons. The van der Waals surface area contributed by atoms with Gasteiger partial charge in [-0.25, -0.2) is 18.9 Å². The molecule has 0 saturated heterocycles. The summed E-state index contributed by atoms with van der Waals surface area (Å²) in [4.78, 5) is 29.6. The summed E-state index contributed by atoms with van der Waals surface area (Å²) in [6.45, 7) is 2.88. The van der Waals surface area contributed by atoms with E-state index in [1.807, 2.05) is 11.6 Å². The minimum Gasteiger partial charge on any atom is -0.328 e. The lowest BCUT2D eigenvalue weighted by atomic mass is 10.1. The molecule has 1 unspecified atom stereocenters. The van der Waals surface area contributed by atoms with Gasteiger partial charge in [-0.2, -0.15) is 5.10 Å². The average molecular weight is 396 g/mol. The fourth-order valence-corrected chi connectivity index (χ4v) is 3.46. The van der Waals surface area contributed by atoms with Crippen molar-refractivity contribution in [1.82, 2.24) is 24.6 Å². The van der Waals surface area contributed by atoms with Gasteiger partial charge in [0.25, 0.3) is 5.56 Å². The van der Waals surface area contributed by atoms with Crippen LogP contribution in [0.3, 0.4) is 0 Å². The number of benzene rings is 1. The molecule has 3 heterocycles. The molecular formula is C20H21FN6O2. The van der Waals surface area contributed by atoms with E-state index in [0.29, 0.717) is 5.82 Å². The fraction of sp³-hybridized carbons (Fsp3) is 0.300. The number of fused-ring (bicyclic) bond motifs is 1. The smallest absolute Gasteiger partial charge is 0.319 e. The summed E-state index contributed by atoms with van der Waals surface area (Å²) in [6.07, 6.45) is 3.27. The molecule has 8 nitrogen and oxygen atoms in total. The molecule has 2 amide bonds. The first-order chi connectivity index (χ1) is 14.0. The molecule has 3 aromatic rings. The Hall–Kier alpha value is -3.49. The Kier molecular flexibility index (Phi) is 5.11. The number of hydrogen-bond acceptors (Lipinski definition) is 4. The molecule has 1 aliphatic rings. The summed E-state index contributed by atoms with van der Waals surface area (Å²) >= 11 is 0. The van der Waals surface area contributed by atoms with Crippen molar-refractivity contribution in [3.05, 3.63) is 76.0 Å². The summed E-state index contributed by atoms with van der Waals surface area (Å²) in [5, 5.41) is 9.83. The van der Waals surface area contributed by atoms with Gasteiger partial charge in [0.15, 0.2) is 0 Å².